The van der Waals surface area contributed by atoms with Crippen molar-refractivity contribution in [1.29, 1.82) is 0 Å². The molecule has 21 heavy (non-hydrogen) atoms. The molecule has 1 aromatic rings. The minimum atomic E-state index is -0.746. The monoisotopic (exact) mass is 358 g/mol. The van der Waals surface area contributed by atoms with Gasteiger partial charge in [0.1, 0.15) is 0 Å². The average molecular weight is 359 g/mol. The molecular weight excluding hydrogens is 340 g/mol. The molecule has 1 unspecified atom stereocenters. The van der Waals surface area contributed by atoms with E-state index < -0.39 is 6.10 Å². The highest BCUT2D eigenvalue weighted by Crippen LogP contribution is 2.11. The summed E-state index contributed by atoms with van der Waals surface area (Å²) in [6, 6.07) is 6.89. The molecule has 1 rings (SSSR count). The van der Waals surface area contributed by atoms with Gasteiger partial charge >= 0.3 is 0 Å². The smallest absolute Gasteiger partial charge is 0.251 e. The van der Waals surface area contributed by atoms with Crippen molar-refractivity contribution in [1.82, 2.24) is 10.2 Å². The Hall–Kier alpha value is -1.44. The van der Waals surface area contributed by atoms with Gasteiger partial charge < -0.3 is 20.1 Å². The molecule has 1 atom stereocenters. The van der Waals surface area contributed by atoms with Crippen molar-refractivity contribution in [3.63, 3.8) is 0 Å². The van der Waals surface area contributed by atoms with E-state index in [1.165, 1.54) is 12.0 Å². The zero-order valence-electron chi connectivity index (χ0n) is 12.0. The Morgan fingerprint density at radius 2 is 2.19 bits per heavy atom. The fourth-order valence-corrected chi connectivity index (χ4v) is 2.08. The maximum absolute atomic E-state index is 11.9. The summed E-state index contributed by atoms with van der Waals surface area (Å²) in [5.41, 5.74) is 0.472. The Bertz CT molecular complexity index is 496. The maximum atomic E-state index is 11.9. The van der Waals surface area contributed by atoms with Gasteiger partial charge in [-0.15, -0.1) is 0 Å². The average Bonchev–Trinajstić information content (AvgIpc) is 2.44. The second kappa shape index (κ2) is 8.76. The van der Waals surface area contributed by atoms with E-state index >= 15 is 0 Å². The van der Waals surface area contributed by atoms with Gasteiger partial charge in [-0.25, -0.2) is 0 Å². The lowest BCUT2D eigenvalue weighted by Crippen LogP contribution is -2.42. The summed E-state index contributed by atoms with van der Waals surface area (Å²) in [6.07, 6.45) is -0.746. The van der Waals surface area contributed by atoms with Gasteiger partial charge in [-0.1, -0.05) is 22.0 Å². The highest BCUT2D eigenvalue weighted by Gasteiger charge is 2.15. The van der Waals surface area contributed by atoms with Crippen molar-refractivity contribution in [3.05, 3.63) is 34.3 Å². The standard InChI is InChI=1S/C14H19BrN2O4/c1-17(8-12(18)9-21-2)13(19)7-16-14(20)10-4-3-5-11(15)6-10/h3-6,12,18H,7-9H2,1-2H3,(H,16,20). The fourth-order valence-electron chi connectivity index (χ4n) is 1.69. The van der Waals surface area contributed by atoms with E-state index in [-0.39, 0.29) is 31.5 Å². The van der Waals surface area contributed by atoms with Gasteiger partial charge in [0.15, 0.2) is 0 Å². The van der Waals surface area contributed by atoms with Crippen LogP contribution in [0.15, 0.2) is 28.7 Å². The molecule has 0 aromatic heterocycles. The van der Waals surface area contributed by atoms with Crippen LogP contribution in [0.25, 0.3) is 0 Å². The first-order chi connectivity index (χ1) is 9.93. The van der Waals surface area contributed by atoms with Crippen molar-refractivity contribution >= 4 is 27.7 Å². The van der Waals surface area contributed by atoms with Crippen LogP contribution < -0.4 is 5.32 Å². The number of nitrogens with zero attached hydrogens (tertiary/aromatic N) is 1. The SMILES string of the molecule is COCC(O)CN(C)C(=O)CNC(=O)c1cccc(Br)c1. The number of aliphatic hydroxyl groups is 1. The van der Waals surface area contributed by atoms with Crippen LogP contribution >= 0.6 is 15.9 Å². The van der Waals surface area contributed by atoms with Crippen LogP contribution in [0.2, 0.25) is 0 Å². The van der Waals surface area contributed by atoms with Crippen LogP contribution in [0.4, 0.5) is 0 Å². The highest BCUT2D eigenvalue weighted by molar-refractivity contribution is 9.10. The zero-order chi connectivity index (χ0) is 15.8. The lowest BCUT2D eigenvalue weighted by Gasteiger charge is -2.20. The summed E-state index contributed by atoms with van der Waals surface area (Å²) >= 11 is 3.28. The lowest BCUT2D eigenvalue weighted by atomic mass is 10.2. The zero-order valence-corrected chi connectivity index (χ0v) is 13.6. The molecule has 0 heterocycles. The number of likely N-dealkylation sites (N-methyl/N-ethyl adjacent to an activating group) is 1. The first kappa shape index (κ1) is 17.6. The number of hydrogen-bond donors (Lipinski definition) is 2. The maximum Gasteiger partial charge on any atom is 0.251 e. The van der Waals surface area contributed by atoms with Crippen molar-refractivity contribution < 1.29 is 19.4 Å². The number of ether oxygens (including phenoxy) is 1. The third kappa shape index (κ3) is 6.24. The van der Waals surface area contributed by atoms with Crippen molar-refractivity contribution in [2.24, 2.45) is 0 Å². The fraction of sp³-hybridized carbons (Fsp3) is 0.429. The topological polar surface area (TPSA) is 78.9 Å². The number of aliphatic hydroxyl groups excluding tert-OH is 1. The van der Waals surface area contributed by atoms with Crippen molar-refractivity contribution in [2.45, 2.75) is 6.10 Å². The minimum Gasteiger partial charge on any atom is -0.389 e. The van der Waals surface area contributed by atoms with Gasteiger partial charge in [0.25, 0.3) is 5.91 Å². The molecule has 0 saturated carbocycles. The molecule has 2 N–H and O–H groups in total. The predicted octanol–water partition coefficient (Wildman–Crippen LogP) is 0.645. The van der Waals surface area contributed by atoms with Crippen LogP contribution in [0.5, 0.6) is 0 Å². The summed E-state index contributed by atoms with van der Waals surface area (Å²) in [5, 5.41) is 12.1. The molecule has 116 valence electrons. The van der Waals surface area contributed by atoms with Gasteiger partial charge in [0.05, 0.1) is 19.3 Å². The van der Waals surface area contributed by atoms with E-state index in [4.69, 9.17) is 4.74 Å². The number of carbonyl (C=O) groups is 2. The molecule has 0 bridgehead atoms. The second-order valence-electron chi connectivity index (χ2n) is 4.58. The third-order valence-corrected chi connectivity index (χ3v) is 3.25. The van der Waals surface area contributed by atoms with Crippen LogP contribution in [-0.4, -0.2) is 61.8 Å². The largest absolute Gasteiger partial charge is 0.389 e. The van der Waals surface area contributed by atoms with E-state index in [0.717, 1.165) is 4.47 Å². The molecule has 0 fully saturated rings. The quantitative estimate of drug-likeness (QED) is 0.749. The summed E-state index contributed by atoms with van der Waals surface area (Å²) in [6.45, 7) is 0.184. The first-order valence-corrected chi connectivity index (χ1v) is 7.18. The molecule has 0 radical (unpaired) electrons. The molecule has 0 spiro atoms. The molecule has 0 saturated heterocycles. The highest BCUT2D eigenvalue weighted by atomic mass is 79.9. The number of amides is 2. The van der Waals surface area contributed by atoms with E-state index in [1.54, 1.807) is 25.2 Å². The number of hydrogen-bond acceptors (Lipinski definition) is 4. The van der Waals surface area contributed by atoms with E-state index in [2.05, 4.69) is 21.2 Å². The minimum absolute atomic E-state index is 0.123. The van der Waals surface area contributed by atoms with Crippen LogP contribution in [-0.2, 0) is 9.53 Å². The van der Waals surface area contributed by atoms with Gasteiger partial charge in [0.2, 0.25) is 5.91 Å². The second-order valence-corrected chi connectivity index (χ2v) is 5.49. The van der Waals surface area contributed by atoms with Crippen LogP contribution in [0.3, 0.4) is 0 Å². The lowest BCUT2D eigenvalue weighted by molar-refractivity contribution is -0.130. The van der Waals surface area contributed by atoms with Gasteiger partial charge in [-0.2, -0.15) is 0 Å². The van der Waals surface area contributed by atoms with Gasteiger partial charge in [-0.3, -0.25) is 9.59 Å². The summed E-state index contributed by atoms with van der Waals surface area (Å²) in [4.78, 5) is 25.1. The number of halogens is 1. The Morgan fingerprint density at radius 1 is 1.48 bits per heavy atom. The summed E-state index contributed by atoms with van der Waals surface area (Å²) < 4.78 is 5.58. The first-order valence-electron chi connectivity index (χ1n) is 6.38. The number of rotatable bonds is 7. The molecule has 0 aliphatic rings. The molecular formula is C14H19BrN2O4. The molecule has 1 aromatic carbocycles. The summed E-state index contributed by atoms with van der Waals surface area (Å²) in [7, 11) is 3.04. The number of carbonyl (C=O) groups excluding carboxylic acids is 2. The van der Waals surface area contributed by atoms with Crippen molar-refractivity contribution in [2.75, 3.05) is 33.9 Å². The van der Waals surface area contributed by atoms with Crippen molar-refractivity contribution in [3.8, 4) is 0 Å². The molecule has 0 aliphatic carbocycles. The van der Waals surface area contributed by atoms with E-state index in [0.29, 0.717) is 5.56 Å². The normalized spacial score (nSPS) is 11.8. The Labute approximate surface area is 132 Å². The Balaban J connectivity index is 2.43. The third-order valence-electron chi connectivity index (χ3n) is 2.76. The number of benzene rings is 1. The number of methoxy groups -OCH3 is 1. The van der Waals surface area contributed by atoms with Crippen LogP contribution in [0.1, 0.15) is 10.4 Å². The van der Waals surface area contributed by atoms with Crippen LogP contribution in [0, 0.1) is 0 Å². The van der Waals surface area contributed by atoms with Gasteiger partial charge in [0, 0.05) is 30.7 Å². The molecule has 7 heteroatoms. The Kier molecular flexibility index (Phi) is 7.35. The summed E-state index contributed by atoms with van der Waals surface area (Å²) in [5.74, 6) is -0.607. The van der Waals surface area contributed by atoms with E-state index in [9.17, 15) is 14.7 Å². The Morgan fingerprint density at radius 3 is 2.81 bits per heavy atom. The predicted molar refractivity (Wildman–Crippen MR) is 82.0 cm³/mol. The van der Waals surface area contributed by atoms with Gasteiger partial charge in [-0.05, 0) is 18.2 Å². The molecule has 2 amide bonds. The molecule has 0 aliphatic heterocycles. The number of nitrogens with one attached hydrogen (secondary N) is 1. The van der Waals surface area contributed by atoms with E-state index in [1.807, 2.05) is 6.07 Å². The molecule has 6 nitrogen and oxygen atoms in total.